The first-order valence-electron chi connectivity index (χ1n) is 6.68. The van der Waals surface area contributed by atoms with Crippen LogP contribution in [0.15, 0.2) is 23.0 Å². The number of aryl methyl sites for hydroxylation is 1. The largest absolute Gasteiger partial charge is 0.396 e. The highest BCUT2D eigenvalue weighted by Crippen LogP contribution is 2.16. The Bertz CT molecular complexity index is 727. The van der Waals surface area contributed by atoms with Crippen LogP contribution in [0.2, 0.25) is 5.02 Å². The highest BCUT2D eigenvalue weighted by atomic mass is 35.5. The van der Waals surface area contributed by atoms with Crippen LogP contribution in [0.4, 0.5) is 0 Å². The first kappa shape index (κ1) is 15.5. The summed E-state index contributed by atoms with van der Waals surface area (Å²) in [6, 6.07) is 4.93. The minimum atomic E-state index is -0.544. The Labute approximate surface area is 126 Å². The van der Waals surface area contributed by atoms with Gasteiger partial charge in [0.1, 0.15) is 0 Å². The van der Waals surface area contributed by atoms with Crippen LogP contribution in [-0.2, 0) is 6.54 Å². The molecule has 1 heterocycles. The maximum Gasteiger partial charge on any atom is 0.275 e. The summed E-state index contributed by atoms with van der Waals surface area (Å²) in [5.41, 5.74) is 0.0297. The lowest BCUT2D eigenvalue weighted by Crippen LogP contribution is -2.32. The van der Waals surface area contributed by atoms with Crippen LogP contribution in [0.1, 0.15) is 23.8 Å². The number of carbonyl (C=O) groups is 1. The van der Waals surface area contributed by atoms with Crippen molar-refractivity contribution in [3.05, 3.63) is 39.1 Å². The van der Waals surface area contributed by atoms with E-state index in [1.807, 2.05) is 6.92 Å². The molecule has 21 heavy (non-hydrogen) atoms. The summed E-state index contributed by atoms with van der Waals surface area (Å²) in [6.45, 7) is 2.66. The first-order chi connectivity index (χ1) is 10.1. The van der Waals surface area contributed by atoms with Gasteiger partial charge in [-0.1, -0.05) is 11.6 Å². The molecule has 0 unspecified atom stereocenters. The van der Waals surface area contributed by atoms with Crippen LogP contribution < -0.4 is 10.7 Å². The lowest BCUT2D eigenvalue weighted by Gasteiger charge is -2.10. The van der Waals surface area contributed by atoms with E-state index in [1.165, 1.54) is 6.07 Å². The smallest absolute Gasteiger partial charge is 0.275 e. The number of amides is 1. The topological polar surface area (TPSA) is 84.2 Å². The minimum Gasteiger partial charge on any atom is -0.396 e. The Morgan fingerprint density at radius 3 is 2.90 bits per heavy atom. The van der Waals surface area contributed by atoms with Gasteiger partial charge < -0.3 is 10.4 Å². The maximum absolute atomic E-state index is 12.4. The monoisotopic (exact) mass is 309 g/mol. The van der Waals surface area contributed by atoms with Crippen molar-refractivity contribution in [2.24, 2.45) is 0 Å². The molecule has 2 rings (SSSR count). The molecule has 0 aliphatic rings. The van der Waals surface area contributed by atoms with E-state index in [9.17, 15) is 9.59 Å². The van der Waals surface area contributed by atoms with Gasteiger partial charge in [0.2, 0.25) is 5.43 Å². The first-order valence-corrected chi connectivity index (χ1v) is 7.05. The van der Waals surface area contributed by atoms with Crippen LogP contribution in [0, 0.1) is 0 Å². The van der Waals surface area contributed by atoms with Gasteiger partial charge >= 0.3 is 0 Å². The molecule has 0 spiro atoms. The zero-order valence-electron chi connectivity index (χ0n) is 11.6. The molecule has 1 amide bonds. The summed E-state index contributed by atoms with van der Waals surface area (Å²) in [5, 5.41) is 16.2. The third-order valence-electron chi connectivity index (χ3n) is 3.05. The number of hydrogen-bond acceptors (Lipinski definition) is 4. The number of rotatable bonds is 5. The maximum atomic E-state index is 12.4. The molecule has 0 atom stereocenters. The summed E-state index contributed by atoms with van der Waals surface area (Å²) in [4.78, 5) is 24.4. The van der Waals surface area contributed by atoms with E-state index in [2.05, 4.69) is 10.4 Å². The molecule has 112 valence electrons. The highest BCUT2D eigenvalue weighted by Gasteiger charge is 2.16. The zero-order chi connectivity index (χ0) is 15.4. The van der Waals surface area contributed by atoms with Crippen molar-refractivity contribution < 1.29 is 9.90 Å². The van der Waals surface area contributed by atoms with Gasteiger partial charge in [0.25, 0.3) is 5.91 Å². The van der Waals surface area contributed by atoms with Crippen molar-refractivity contribution in [2.75, 3.05) is 13.2 Å². The van der Waals surface area contributed by atoms with Gasteiger partial charge in [-0.2, -0.15) is 5.10 Å². The fourth-order valence-electron chi connectivity index (χ4n) is 2.02. The predicted molar refractivity (Wildman–Crippen MR) is 80.7 cm³/mol. The highest BCUT2D eigenvalue weighted by molar-refractivity contribution is 6.31. The van der Waals surface area contributed by atoms with Crippen molar-refractivity contribution in [3.63, 3.8) is 0 Å². The van der Waals surface area contributed by atoms with Crippen LogP contribution in [-0.4, -0.2) is 33.9 Å². The molecule has 0 aliphatic heterocycles. The molecule has 1 aromatic heterocycles. The standard InChI is InChI=1S/C14H16ClN3O3/c1-2-18-11-5-4-9(15)8-10(11)13(20)12(17-18)14(21)16-6-3-7-19/h4-5,8,19H,2-3,6-7H2,1H3,(H,16,21). The van der Waals surface area contributed by atoms with E-state index in [4.69, 9.17) is 16.7 Å². The Hall–Kier alpha value is -1.92. The molecule has 0 radical (unpaired) electrons. The van der Waals surface area contributed by atoms with Gasteiger partial charge in [-0.15, -0.1) is 0 Å². The molecule has 0 bridgehead atoms. The number of nitrogens with one attached hydrogen (secondary N) is 1. The molecule has 0 aliphatic carbocycles. The van der Waals surface area contributed by atoms with Crippen LogP contribution in [0.25, 0.3) is 10.9 Å². The second kappa shape index (κ2) is 6.69. The predicted octanol–water partition coefficient (Wildman–Crippen LogP) is 1.18. The molecule has 0 saturated heterocycles. The third kappa shape index (κ3) is 3.22. The van der Waals surface area contributed by atoms with Gasteiger partial charge in [-0.25, -0.2) is 0 Å². The lowest BCUT2D eigenvalue weighted by atomic mass is 10.2. The number of nitrogens with zero attached hydrogens (tertiary/aromatic N) is 2. The van der Waals surface area contributed by atoms with Crippen molar-refractivity contribution in [1.29, 1.82) is 0 Å². The number of carbonyl (C=O) groups excluding carboxylic acids is 1. The van der Waals surface area contributed by atoms with Gasteiger partial charge in [0.15, 0.2) is 5.69 Å². The minimum absolute atomic E-state index is 0.0276. The molecule has 2 aromatic rings. The molecule has 7 heteroatoms. The van der Waals surface area contributed by atoms with Crippen LogP contribution in [0.3, 0.4) is 0 Å². The molecule has 0 fully saturated rings. The number of benzene rings is 1. The number of fused-ring (bicyclic) bond motifs is 1. The molecule has 0 saturated carbocycles. The Morgan fingerprint density at radius 1 is 1.48 bits per heavy atom. The van der Waals surface area contributed by atoms with Crippen molar-refractivity contribution in [2.45, 2.75) is 19.9 Å². The fourth-order valence-corrected chi connectivity index (χ4v) is 2.19. The van der Waals surface area contributed by atoms with E-state index in [0.717, 1.165) is 0 Å². The Balaban J connectivity index is 2.52. The Morgan fingerprint density at radius 2 is 2.24 bits per heavy atom. The van der Waals surface area contributed by atoms with Gasteiger partial charge in [0, 0.05) is 24.7 Å². The quantitative estimate of drug-likeness (QED) is 0.812. The van der Waals surface area contributed by atoms with E-state index < -0.39 is 11.3 Å². The lowest BCUT2D eigenvalue weighted by molar-refractivity contribution is 0.0943. The second-order valence-electron chi connectivity index (χ2n) is 4.49. The van der Waals surface area contributed by atoms with Gasteiger partial charge in [-0.3, -0.25) is 14.3 Å². The van der Waals surface area contributed by atoms with Crippen molar-refractivity contribution in [3.8, 4) is 0 Å². The van der Waals surface area contributed by atoms with Crippen molar-refractivity contribution in [1.82, 2.24) is 15.1 Å². The number of hydrogen-bond donors (Lipinski definition) is 2. The van der Waals surface area contributed by atoms with Crippen molar-refractivity contribution >= 4 is 28.4 Å². The summed E-state index contributed by atoms with van der Waals surface area (Å²) in [6.07, 6.45) is 0.424. The molecule has 6 nitrogen and oxygen atoms in total. The number of aromatic nitrogens is 2. The molecular formula is C14H16ClN3O3. The summed E-state index contributed by atoms with van der Waals surface area (Å²) in [7, 11) is 0. The number of halogens is 1. The van der Waals surface area contributed by atoms with E-state index in [0.29, 0.717) is 28.9 Å². The average Bonchev–Trinajstić information content (AvgIpc) is 2.48. The molecule has 1 aromatic carbocycles. The summed E-state index contributed by atoms with van der Waals surface area (Å²) >= 11 is 5.92. The number of aliphatic hydroxyl groups is 1. The van der Waals surface area contributed by atoms with E-state index >= 15 is 0 Å². The normalized spacial score (nSPS) is 10.8. The summed E-state index contributed by atoms with van der Waals surface area (Å²) in [5.74, 6) is -0.544. The van der Waals surface area contributed by atoms with E-state index in [1.54, 1.807) is 16.8 Å². The Kier molecular flexibility index (Phi) is 4.93. The van der Waals surface area contributed by atoms with Crippen LogP contribution in [0.5, 0.6) is 0 Å². The van der Waals surface area contributed by atoms with Gasteiger partial charge in [-0.05, 0) is 31.5 Å². The van der Waals surface area contributed by atoms with E-state index in [-0.39, 0.29) is 18.8 Å². The molecular weight excluding hydrogens is 294 g/mol. The van der Waals surface area contributed by atoms with Crippen LogP contribution >= 0.6 is 11.6 Å². The average molecular weight is 310 g/mol. The molecule has 2 N–H and O–H groups in total. The third-order valence-corrected chi connectivity index (χ3v) is 3.29. The summed E-state index contributed by atoms with van der Waals surface area (Å²) < 4.78 is 1.59. The zero-order valence-corrected chi connectivity index (χ0v) is 12.4. The van der Waals surface area contributed by atoms with Gasteiger partial charge in [0.05, 0.1) is 10.9 Å². The SMILES string of the molecule is CCn1nc(C(=O)NCCCO)c(=O)c2cc(Cl)ccc21. The number of aliphatic hydroxyl groups excluding tert-OH is 1. The fraction of sp³-hybridized carbons (Fsp3) is 0.357. The second-order valence-corrected chi connectivity index (χ2v) is 4.92.